The molecule has 12 heavy (non-hydrogen) atoms. The Labute approximate surface area is 86.6 Å². The van der Waals surface area contributed by atoms with Gasteiger partial charge in [0.05, 0.1) is 8.07 Å². The number of hydrogen-bond acceptors (Lipinski definition) is 0. The first-order valence-electron chi connectivity index (χ1n) is 4.06. The molecule has 4 heteroatoms. The maximum atomic E-state index is 12.9. The molecule has 0 aromatic carbocycles. The van der Waals surface area contributed by atoms with Gasteiger partial charge in [0.2, 0.25) is 0 Å². The van der Waals surface area contributed by atoms with Gasteiger partial charge in [-0.05, 0) is 0 Å². The van der Waals surface area contributed by atoms with Crippen molar-refractivity contribution < 1.29 is 27.6 Å². The van der Waals surface area contributed by atoms with E-state index in [-0.39, 0.29) is 18.9 Å². The molecule has 0 aliphatic rings. The van der Waals surface area contributed by atoms with Crippen molar-refractivity contribution in [2.45, 2.75) is 38.9 Å². The molecule has 0 bridgehead atoms. The first-order chi connectivity index (χ1) is 5.16. The van der Waals surface area contributed by atoms with Crippen LogP contribution in [0.5, 0.6) is 0 Å². The second kappa shape index (κ2) is 6.88. The molecular weight excluding hydrogens is 169 g/mol. The average molecular weight is 184 g/mol. The largest absolute Gasteiger partial charge is 1.00 e. The third kappa shape index (κ3) is 3.04. The van der Waals surface area contributed by atoms with Gasteiger partial charge in [0.1, 0.15) is 0 Å². The summed E-state index contributed by atoms with van der Waals surface area (Å²) in [5.41, 5.74) is -0.593. The van der Waals surface area contributed by atoms with Gasteiger partial charge >= 0.3 is 18.9 Å². The Hall–Kier alpha value is 0.414. The van der Waals surface area contributed by atoms with Crippen molar-refractivity contribution in [3.05, 3.63) is 11.8 Å². The Morgan fingerprint density at radius 3 is 1.58 bits per heavy atom. The average Bonchev–Trinajstić information content (AvgIpc) is 2.08. The van der Waals surface area contributed by atoms with Crippen molar-refractivity contribution in [3.8, 4) is 0 Å². The fourth-order valence-corrected chi connectivity index (χ4v) is 3.95. The number of hydrogen-bond donors (Lipinski definition) is 0. The summed E-state index contributed by atoms with van der Waals surface area (Å²) < 4.78 is 24.8. The van der Waals surface area contributed by atoms with E-state index < -0.39 is 13.5 Å². The van der Waals surface area contributed by atoms with Crippen LogP contribution >= 0.6 is 0 Å². The Morgan fingerprint density at radius 1 is 1.17 bits per heavy atom. The maximum absolute atomic E-state index is 12.9. The normalized spacial score (nSPS) is 12.6. The van der Waals surface area contributed by atoms with Crippen LogP contribution in [0.3, 0.4) is 0 Å². The summed E-state index contributed by atoms with van der Waals surface area (Å²) in [5.74, 6) is 0. The minimum Gasteiger partial charge on any atom is -0.456 e. The van der Waals surface area contributed by atoms with Gasteiger partial charge in [0, 0.05) is 0 Å². The Kier molecular flexibility index (Phi) is 8.55. The van der Waals surface area contributed by atoms with Crippen molar-refractivity contribution >= 4 is 8.07 Å². The molecule has 0 aliphatic heterocycles. The van der Waals surface area contributed by atoms with Crippen LogP contribution in [0.4, 0.5) is 8.78 Å². The molecule has 0 nitrogen and oxygen atoms in total. The molecule has 0 aromatic rings. The smallest absolute Gasteiger partial charge is 0.456 e. The SMILES string of the molecule is CC[Si](CC)(CC)C(F)=[C-]F.[Li+]. The molecule has 0 amide bonds. The van der Waals surface area contributed by atoms with Crippen LogP contribution in [-0.4, -0.2) is 8.07 Å². The molecule has 0 aromatic heterocycles. The summed E-state index contributed by atoms with van der Waals surface area (Å²) in [6.45, 7) is 5.78. The Balaban J connectivity index is 0. The first kappa shape index (κ1) is 14.9. The molecule has 0 heterocycles. The number of rotatable bonds is 4. The summed E-state index contributed by atoms with van der Waals surface area (Å²) in [7, 11) is -2.06. The van der Waals surface area contributed by atoms with Crippen molar-refractivity contribution in [1.82, 2.24) is 0 Å². The Bertz CT molecular complexity index is 136. The van der Waals surface area contributed by atoms with Crippen molar-refractivity contribution in [2.75, 3.05) is 0 Å². The van der Waals surface area contributed by atoms with E-state index in [2.05, 4.69) is 0 Å². The fourth-order valence-electron chi connectivity index (χ4n) is 1.32. The van der Waals surface area contributed by atoms with Crippen LogP contribution in [0.25, 0.3) is 0 Å². The second-order valence-electron chi connectivity index (χ2n) is 2.75. The van der Waals surface area contributed by atoms with E-state index in [0.717, 1.165) is 18.1 Å². The van der Waals surface area contributed by atoms with Crippen LogP contribution in [0.1, 0.15) is 20.8 Å². The van der Waals surface area contributed by atoms with Gasteiger partial charge in [0.15, 0.2) is 0 Å². The molecule has 66 valence electrons. The van der Waals surface area contributed by atoms with E-state index in [4.69, 9.17) is 0 Å². The van der Waals surface area contributed by atoms with Crippen LogP contribution in [-0.2, 0) is 0 Å². The molecule has 0 unspecified atom stereocenters. The van der Waals surface area contributed by atoms with E-state index in [9.17, 15) is 8.78 Å². The van der Waals surface area contributed by atoms with Crippen LogP contribution in [0.2, 0.25) is 18.1 Å². The summed E-state index contributed by atoms with van der Waals surface area (Å²) in [4.78, 5) is 0. The molecule has 0 atom stereocenters. The zero-order chi connectivity index (χ0) is 8.91. The van der Waals surface area contributed by atoms with Crippen LogP contribution in [0, 0.1) is 6.33 Å². The number of halogens is 2. The predicted molar refractivity (Wildman–Crippen MR) is 46.2 cm³/mol. The predicted octanol–water partition coefficient (Wildman–Crippen LogP) is 0.622. The minimum absolute atomic E-state index is 0. The van der Waals surface area contributed by atoms with Crippen molar-refractivity contribution in [3.63, 3.8) is 0 Å². The van der Waals surface area contributed by atoms with Gasteiger partial charge in [-0.3, -0.25) is 10.7 Å². The molecule has 0 saturated carbocycles. The first-order valence-corrected chi connectivity index (χ1v) is 6.68. The van der Waals surface area contributed by atoms with Gasteiger partial charge in [-0.15, -0.1) is 0 Å². The fraction of sp³-hybridized carbons (Fsp3) is 0.750. The van der Waals surface area contributed by atoms with Gasteiger partial charge in [-0.2, -0.15) is 0 Å². The molecule has 0 fully saturated rings. The summed E-state index contributed by atoms with van der Waals surface area (Å²) in [6, 6.07) is 2.30. The van der Waals surface area contributed by atoms with E-state index in [1.54, 1.807) is 0 Å². The molecule has 0 saturated heterocycles. The van der Waals surface area contributed by atoms with Crippen LogP contribution in [0.15, 0.2) is 5.45 Å². The van der Waals surface area contributed by atoms with Gasteiger partial charge in [-0.1, -0.05) is 44.4 Å². The van der Waals surface area contributed by atoms with E-state index in [1.165, 1.54) is 6.33 Å². The van der Waals surface area contributed by atoms with Crippen molar-refractivity contribution in [1.29, 1.82) is 0 Å². The third-order valence-electron chi connectivity index (χ3n) is 2.58. The van der Waals surface area contributed by atoms with E-state index in [0.29, 0.717) is 0 Å². The molecule has 0 spiro atoms. The van der Waals surface area contributed by atoms with E-state index >= 15 is 0 Å². The standard InChI is InChI=1S/C8H15F2Si.Li/c1-4-11(5-2,6-3)8(10)7-9;/h4-6H2,1-3H3;/q-1;+1. The third-order valence-corrected chi connectivity index (χ3v) is 7.67. The zero-order valence-electron chi connectivity index (χ0n) is 8.38. The minimum atomic E-state index is -2.06. The zero-order valence-corrected chi connectivity index (χ0v) is 9.38. The van der Waals surface area contributed by atoms with Crippen molar-refractivity contribution in [2.24, 2.45) is 0 Å². The summed E-state index contributed by atoms with van der Waals surface area (Å²) in [5, 5.41) is 0. The van der Waals surface area contributed by atoms with Gasteiger partial charge < -0.3 is 4.39 Å². The molecule has 0 radical (unpaired) electrons. The van der Waals surface area contributed by atoms with Crippen LogP contribution < -0.4 is 18.9 Å². The monoisotopic (exact) mass is 184 g/mol. The Morgan fingerprint density at radius 2 is 1.50 bits per heavy atom. The van der Waals surface area contributed by atoms with Gasteiger partial charge in [0.25, 0.3) is 0 Å². The molecule has 0 rings (SSSR count). The van der Waals surface area contributed by atoms with E-state index in [1.807, 2.05) is 20.8 Å². The van der Waals surface area contributed by atoms with Gasteiger partial charge in [-0.25, -0.2) is 0 Å². The summed E-state index contributed by atoms with van der Waals surface area (Å²) in [6.07, 6.45) is 1.17. The quantitative estimate of drug-likeness (QED) is 0.444. The molecule has 0 N–H and O–H groups in total. The summed E-state index contributed by atoms with van der Waals surface area (Å²) >= 11 is 0. The molecular formula is C8H15F2LiSi. The molecule has 0 aliphatic carbocycles. The second-order valence-corrected chi connectivity index (χ2v) is 7.87. The maximum Gasteiger partial charge on any atom is 1.00 e. The topological polar surface area (TPSA) is 0 Å².